The number of unbranched alkanes of at least 4 members (excludes halogenated alkanes) is 1. The first-order valence-electron chi connectivity index (χ1n) is 10.2. The number of hydrogen-bond acceptors (Lipinski definition) is 6. The highest BCUT2D eigenvalue weighted by Crippen LogP contribution is 2.64. The normalized spacial score (nSPS) is 29.4. The van der Waals surface area contributed by atoms with Crippen LogP contribution >= 0.6 is 0 Å². The highest BCUT2D eigenvalue weighted by molar-refractivity contribution is 7.97. The van der Waals surface area contributed by atoms with Crippen molar-refractivity contribution in [3.05, 3.63) is 0 Å². The number of ether oxygens (including phenoxy) is 1. The fraction of sp³-hybridized carbons (Fsp3) is 0.900. The zero-order valence-corrected chi connectivity index (χ0v) is 19.0. The van der Waals surface area contributed by atoms with Crippen molar-refractivity contribution in [2.45, 2.75) is 59.3 Å². The van der Waals surface area contributed by atoms with Gasteiger partial charge in [0.15, 0.2) is 11.5 Å². The summed E-state index contributed by atoms with van der Waals surface area (Å²) >= 11 is 0. The molecule has 3 rings (SSSR count). The van der Waals surface area contributed by atoms with E-state index in [1.54, 1.807) is 0 Å². The molecule has 0 radical (unpaired) electrons. The second kappa shape index (κ2) is 9.58. The quantitative estimate of drug-likeness (QED) is 0.450. The predicted octanol–water partition coefficient (Wildman–Crippen LogP) is 2.32. The predicted molar refractivity (Wildman–Crippen MR) is 110 cm³/mol. The van der Waals surface area contributed by atoms with Crippen molar-refractivity contribution < 1.29 is 27.3 Å². The molecule has 1 saturated heterocycles. The molecule has 2 saturated carbocycles. The van der Waals surface area contributed by atoms with E-state index in [0.29, 0.717) is 29.5 Å². The molecule has 3 fully saturated rings. The standard InChI is InChI=1S/C10H16O4S.C10H19O2S/c1-9(2)7-3-4-10(9,8(11)5-7)6-15(12,13)14;1-2-3-4-10(11)9-13-7-5-12-6-8-13/h7H,3-6H2,1-2H3,(H,12,13,14);2-9H2,1H3/q;+1/p-1. The minimum absolute atomic E-state index is 0.0248. The highest BCUT2D eigenvalue weighted by Gasteiger charge is 2.64. The summed E-state index contributed by atoms with van der Waals surface area (Å²) in [5.41, 5.74) is -1.22. The lowest BCUT2D eigenvalue weighted by atomic mass is 9.70. The molecule has 162 valence electrons. The average molecular weight is 435 g/mol. The monoisotopic (exact) mass is 434 g/mol. The van der Waals surface area contributed by atoms with Crippen LogP contribution in [-0.2, 0) is 35.3 Å². The topological polar surface area (TPSA) is 101 Å². The van der Waals surface area contributed by atoms with Gasteiger partial charge in [-0.2, -0.15) is 0 Å². The van der Waals surface area contributed by atoms with Gasteiger partial charge in [-0.1, -0.05) is 27.2 Å². The van der Waals surface area contributed by atoms with Crippen LogP contribution in [0.3, 0.4) is 0 Å². The molecule has 0 spiro atoms. The summed E-state index contributed by atoms with van der Waals surface area (Å²) in [5.74, 6) is 3.23. The first-order valence-corrected chi connectivity index (χ1v) is 13.5. The molecule has 1 aliphatic heterocycles. The van der Waals surface area contributed by atoms with Crippen LogP contribution in [0.1, 0.15) is 59.3 Å². The summed E-state index contributed by atoms with van der Waals surface area (Å²) in [7, 11) is -3.98. The number of carbonyl (C=O) groups is 2. The van der Waals surface area contributed by atoms with Crippen molar-refractivity contribution in [1.82, 2.24) is 0 Å². The van der Waals surface area contributed by atoms with Gasteiger partial charge >= 0.3 is 0 Å². The molecular formula is C20H34O6S2. The van der Waals surface area contributed by atoms with Gasteiger partial charge in [0.05, 0.1) is 29.1 Å². The zero-order chi connectivity index (χ0) is 21.0. The summed E-state index contributed by atoms with van der Waals surface area (Å²) in [6.07, 6.45) is 4.86. The molecule has 0 amide bonds. The van der Waals surface area contributed by atoms with Crippen molar-refractivity contribution in [2.24, 2.45) is 16.7 Å². The largest absolute Gasteiger partial charge is 0.748 e. The molecule has 6 nitrogen and oxygen atoms in total. The zero-order valence-electron chi connectivity index (χ0n) is 17.3. The Kier molecular flexibility index (Phi) is 8.15. The number of Topliss-reactive ketones (excluding diaryl/α,β-unsaturated/α-hetero) is 2. The Morgan fingerprint density at radius 2 is 1.93 bits per heavy atom. The highest BCUT2D eigenvalue weighted by atomic mass is 32.2. The molecule has 2 aliphatic carbocycles. The summed E-state index contributed by atoms with van der Waals surface area (Å²) in [5, 5.41) is 0. The SMILES string of the molecule is CC1(C)C2CCC1(CS(=O)(=O)[O-])C(=O)C2.CCCCC(=O)C[S+]1CCOCC1. The summed E-state index contributed by atoms with van der Waals surface area (Å²) in [6, 6.07) is 0. The van der Waals surface area contributed by atoms with Gasteiger partial charge in [-0.05, 0) is 41.5 Å². The molecule has 2 bridgehead atoms. The van der Waals surface area contributed by atoms with Crippen molar-refractivity contribution in [3.8, 4) is 0 Å². The van der Waals surface area contributed by atoms with Crippen LogP contribution in [0.5, 0.6) is 0 Å². The van der Waals surface area contributed by atoms with Gasteiger partial charge in [-0.15, -0.1) is 0 Å². The molecular weight excluding hydrogens is 400 g/mol. The van der Waals surface area contributed by atoms with Crippen LogP contribution in [-0.4, -0.2) is 60.8 Å². The van der Waals surface area contributed by atoms with Crippen LogP contribution in [0, 0.1) is 16.7 Å². The third-order valence-corrected chi connectivity index (χ3v) is 9.83. The van der Waals surface area contributed by atoms with E-state index < -0.39 is 21.3 Å². The Bertz CT molecular complexity index is 666. The summed E-state index contributed by atoms with van der Waals surface area (Å²) in [6.45, 7) is 7.69. The molecule has 28 heavy (non-hydrogen) atoms. The molecule has 0 aromatic rings. The molecule has 1 heterocycles. The van der Waals surface area contributed by atoms with Gasteiger partial charge < -0.3 is 9.29 Å². The maximum Gasteiger partial charge on any atom is 0.181 e. The maximum atomic E-state index is 11.8. The van der Waals surface area contributed by atoms with Gasteiger partial charge in [0.25, 0.3) is 0 Å². The van der Waals surface area contributed by atoms with Gasteiger partial charge in [0.2, 0.25) is 0 Å². The lowest BCUT2D eigenvalue weighted by molar-refractivity contribution is -0.128. The van der Waals surface area contributed by atoms with Crippen LogP contribution in [0.25, 0.3) is 0 Å². The Balaban J connectivity index is 0.000000203. The Labute approximate surface area is 172 Å². The third-order valence-electron chi connectivity index (χ3n) is 6.77. The van der Waals surface area contributed by atoms with Gasteiger partial charge in [0, 0.05) is 18.3 Å². The lowest BCUT2D eigenvalue weighted by Gasteiger charge is -2.37. The molecule has 3 aliphatic rings. The smallest absolute Gasteiger partial charge is 0.181 e. The van der Waals surface area contributed by atoms with Crippen molar-refractivity contribution >= 4 is 32.6 Å². The summed E-state index contributed by atoms with van der Waals surface area (Å²) < 4.78 is 37.9. The minimum atomic E-state index is -4.33. The first kappa shape index (κ1) is 23.8. The van der Waals surface area contributed by atoms with E-state index in [-0.39, 0.29) is 17.1 Å². The Hall–Kier alpha value is -0.440. The van der Waals surface area contributed by atoms with Crippen LogP contribution < -0.4 is 0 Å². The molecule has 2 unspecified atom stereocenters. The number of fused-ring (bicyclic) bond motifs is 2. The van der Waals surface area contributed by atoms with Crippen LogP contribution in [0.15, 0.2) is 0 Å². The van der Waals surface area contributed by atoms with Crippen molar-refractivity contribution in [2.75, 3.05) is 36.2 Å². The van der Waals surface area contributed by atoms with E-state index in [1.165, 1.54) is 0 Å². The van der Waals surface area contributed by atoms with E-state index in [1.807, 2.05) is 13.8 Å². The number of rotatable bonds is 7. The maximum absolute atomic E-state index is 11.8. The number of ketones is 2. The fourth-order valence-corrected chi connectivity index (χ4v) is 7.87. The lowest BCUT2D eigenvalue weighted by Crippen LogP contribution is -2.42. The van der Waals surface area contributed by atoms with E-state index in [2.05, 4.69) is 6.92 Å². The van der Waals surface area contributed by atoms with E-state index in [4.69, 9.17) is 4.74 Å². The van der Waals surface area contributed by atoms with Crippen molar-refractivity contribution in [1.29, 1.82) is 0 Å². The molecule has 2 atom stereocenters. The molecule has 8 heteroatoms. The molecule has 0 aromatic carbocycles. The number of carbonyl (C=O) groups excluding carboxylic acids is 2. The van der Waals surface area contributed by atoms with Crippen LogP contribution in [0.4, 0.5) is 0 Å². The Morgan fingerprint density at radius 1 is 1.29 bits per heavy atom. The molecule has 0 aromatic heterocycles. The molecule has 0 N–H and O–H groups in total. The van der Waals surface area contributed by atoms with Gasteiger partial charge in [-0.25, -0.2) is 8.42 Å². The second-order valence-electron chi connectivity index (χ2n) is 8.79. The minimum Gasteiger partial charge on any atom is -0.748 e. The summed E-state index contributed by atoms with van der Waals surface area (Å²) in [4.78, 5) is 23.3. The average Bonchev–Trinajstić information content (AvgIpc) is 2.94. The van der Waals surface area contributed by atoms with Crippen molar-refractivity contribution in [3.63, 3.8) is 0 Å². The van der Waals surface area contributed by atoms with Gasteiger partial charge in [-0.3, -0.25) is 9.59 Å². The fourth-order valence-electron chi connectivity index (χ4n) is 4.79. The van der Waals surface area contributed by atoms with Gasteiger partial charge in [0.1, 0.15) is 17.3 Å². The van der Waals surface area contributed by atoms with Crippen LogP contribution in [0.2, 0.25) is 0 Å². The Morgan fingerprint density at radius 3 is 2.39 bits per heavy atom. The van der Waals surface area contributed by atoms with E-state index in [9.17, 15) is 22.6 Å². The second-order valence-corrected chi connectivity index (χ2v) is 12.5. The third kappa shape index (κ3) is 5.58. The number of hydrogen-bond donors (Lipinski definition) is 0. The van der Waals surface area contributed by atoms with E-state index in [0.717, 1.165) is 56.2 Å². The first-order chi connectivity index (χ1) is 13.0. The van der Waals surface area contributed by atoms with E-state index >= 15 is 0 Å².